The Morgan fingerprint density at radius 1 is 1.50 bits per heavy atom. The molecule has 1 saturated heterocycles. The van der Waals surface area contributed by atoms with Crippen molar-refractivity contribution in [2.24, 2.45) is 0 Å². The van der Waals surface area contributed by atoms with Crippen LogP contribution in [0.5, 0.6) is 5.75 Å². The lowest BCUT2D eigenvalue weighted by Gasteiger charge is -1.82. The molecule has 3 heteroatoms. The molecule has 1 aliphatic rings. The third-order valence-electron chi connectivity index (χ3n) is 1.34. The number of rotatable bonds is 2. The molecule has 1 aromatic rings. The predicted octanol–water partition coefficient (Wildman–Crippen LogP) is 0.770. The van der Waals surface area contributed by atoms with Crippen LogP contribution in [0.15, 0.2) is 30.3 Å². The smallest absolute Gasteiger partial charge is 0.210 e. The Bertz CT molecular complexity index is 224. The SMILES string of the molecule is Oc1ccccc1.[2H]OCC1CO1. The monoisotopic (exact) mass is 169 g/mol. The van der Waals surface area contributed by atoms with Crippen molar-refractivity contribution >= 4 is 0 Å². The lowest BCUT2D eigenvalue weighted by Crippen LogP contribution is -1.88. The van der Waals surface area contributed by atoms with Gasteiger partial charge in [-0.05, 0) is 12.1 Å². The van der Waals surface area contributed by atoms with E-state index in [2.05, 4.69) is 5.11 Å². The summed E-state index contributed by atoms with van der Waals surface area (Å²) in [6.07, 6.45) is 0.238. The van der Waals surface area contributed by atoms with E-state index in [9.17, 15) is 0 Å². The van der Waals surface area contributed by atoms with Crippen LogP contribution in [0.2, 0.25) is 0 Å². The number of epoxide rings is 1. The summed E-state index contributed by atoms with van der Waals surface area (Å²) >= 11 is 0. The highest BCUT2D eigenvalue weighted by atomic mass is 16.6. The summed E-state index contributed by atoms with van der Waals surface area (Å²) < 4.78 is 10.9. The highest BCUT2D eigenvalue weighted by Gasteiger charge is 2.19. The maximum Gasteiger partial charge on any atom is 0.210 e. The third kappa shape index (κ3) is 3.95. The Hall–Kier alpha value is -1.06. The number of phenols is 1. The van der Waals surface area contributed by atoms with E-state index in [1.807, 2.05) is 6.07 Å². The Labute approximate surface area is 72.7 Å². The van der Waals surface area contributed by atoms with Gasteiger partial charge in [-0.25, -0.2) is 0 Å². The molecule has 0 aliphatic carbocycles. The normalized spacial score (nSPS) is 20.3. The quantitative estimate of drug-likeness (QED) is 0.643. The van der Waals surface area contributed by atoms with Crippen LogP contribution in [0.3, 0.4) is 0 Å². The number of ether oxygens (including phenoxy) is 1. The van der Waals surface area contributed by atoms with Crippen molar-refractivity contribution in [1.82, 2.24) is 0 Å². The van der Waals surface area contributed by atoms with Gasteiger partial charge < -0.3 is 15.0 Å². The molecule has 1 unspecified atom stereocenters. The van der Waals surface area contributed by atoms with Crippen molar-refractivity contribution in [3.05, 3.63) is 30.3 Å². The van der Waals surface area contributed by atoms with Crippen LogP contribution in [0.4, 0.5) is 0 Å². The molecular formula is C9H12O3. The standard InChI is InChI=1S/C6H6O.C3H6O2/c7-6-4-2-1-3-5-6;4-1-3-2-5-3/h1-5,7H;3-4H,1-2H2/i;4D. The molecule has 1 aliphatic heterocycles. The van der Waals surface area contributed by atoms with Crippen molar-refractivity contribution < 1.29 is 15.0 Å². The summed E-state index contributed by atoms with van der Waals surface area (Å²) in [6.45, 7) is 1.21. The van der Waals surface area contributed by atoms with E-state index >= 15 is 0 Å². The molecule has 0 bridgehead atoms. The molecule has 1 atom stereocenters. The molecule has 0 amide bonds. The number of aromatic hydroxyl groups is 1. The van der Waals surface area contributed by atoms with Crippen LogP contribution in [-0.2, 0) is 4.74 Å². The summed E-state index contributed by atoms with van der Waals surface area (Å²) in [5, 5.41) is 12.6. The van der Waals surface area contributed by atoms with Crippen molar-refractivity contribution in [2.45, 2.75) is 6.10 Å². The first-order valence-corrected chi connectivity index (χ1v) is 3.76. The molecule has 1 aromatic carbocycles. The fourth-order valence-electron chi connectivity index (χ4n) is 0.592. The second-order valence-corrected chi connectivity index (χ2v) is 2.46. The Balaban J connectivity index is 0.000000132. The van der Waals surface area contributed by atoms with Crippen LogP contribution in [0, 0.1) is 0 Å². The summed E-state index contributed by atoms with van der Waals surface area (Å²) in [5.41, 5.74) is 0. The summed E-state index contributed by atoms with van der Waals surface area (Å²) in [5.74, 6) is 0.322. The van der Waals surface area contributed by atoms with Gasteiger partial charge in [-0.15, -0.1) is 0 Å². The fourth-order valence-corrected chi connectivity index (χ4v) is 0.592. The molecule has 0 saturated carbocycles. The van der Waals surface area contributed by atoms with Gasteiger partial charge in [-0.2, -0.15) is 0 Å². The molecule has 3 nitrogen and oxygen atoms in total. The fraction of sp³-hybridized carbons (Fsp3) is 0.333. The topological polar surface area (TPSA) is 53.0 Å². The molecule has 12 heavy (non-hydrogen) atoms. The largest absolute Gasteiger partial charge is 0.508 e. The highest BCUT2D eigenvalue weighted by Crippen LogP contribution is 2.05. The van der Waals surface area contributed by atoms with Crippen LogP contribution in [-0.4, -0.2) is 31.0 Å². The van der Waals surface area contributed by atoms with Gasteiger partial charge in [0.25, 0.3) is 0 Å². The van der Waals surface area contributed by atoms with Crippen LogP contribution >= 0.6 is 0 Å². The average Bonchev–Trinajstić information content (AvgIpc) is 2.91. The second kappa shape index (κ2) is 4.74. The number of hydrogen-bond donors (Lipinski definition) is 2. The molecule has 2 N–H and O–H groups in total. The van der Waals surface area contributed by atoms with Gasteiger partial charge in [0, 0.05) is 0 Å². The lowest BCUT2D eigenvalue weighted by molar-refractivity contribution is 0.244. The Morgan fingerprint density at radius 3 is 2.42 bits per heavy atom. The van der Waals surface area contributed by atoms with Gasteiger partial charge >= 0.3 is 0 Å². The number of phenolic OH excluding ortho intramolecular Hbond substituents is 1. The summed E-state index contributed by atoms with van der Waals surface area (Å²) in [6, 6.07) is 8.71. The van der Waals surface area contributed by atoms with Crippen molar-refractivity contribution in [2.75, 3.05) is 13.2 Å². The van der Waals surface area contributed by atoms with Crippen molar-refractivity contribution in [3.8, 4) is 5.75 Å². The van der Waals surface area contributed by atoms with E-state index in [-0.39, 0.29) is 6.10 Å². The minimum Gasteiger partial charge on any atom is -0.508 e. The minimum absolute atomic E-state index is 0.238. The first-order valence-electron chi connectivity index (χ1n) is 4.17. The number of aliphatic hydroxyl groups excluding tert-OH is 1. The number of aliphatic hydroxyl groups is 1. The number of para-hydroxylation sites is 1. The average molecular weight is 169 g/mol. The van der Waals surface area contributed by atoms with Crippen molar-refractivity contribution in [1.29, 1.82) is 1.43 Å². The predicted molar refractivity (Wildman–Crippen MR) is 44.9 cm³/mol. The van der Waals surface area contributed by atoms with E-state index in [0.717, 1.165) is 6.61 Å². The molecule has 1 heterocycles. The number of hydrogen-bond acceptors (Lipinski definition) is 3. The second-order valence-electron chi connectivity index (χ2n) is 2.46. The van der Waals surface area contributed by atoms with Gasteiger partial charge in [-0.3, -0.25) is 0 Å². The van der Waals surface area contributed by atoms with Crippen LogP contribution in [0.1, 0.15) is 0 Å². The lowest BCUT2D eigenvalue weighted by atomic mass is 10.3. The molecule has 66 valence electrons. The molecule has 0 radical (unpaired) electrons. The molecular weight excluding hydrogens is 156 g/mol. The maximum atomic E-state index is 8.63. The van der Waals surface area contributed by atoms with Crippen molar-refractivity contribution in [3.63, 3.8) is 0 Å². The zero-order valence-electron chi connectivity index (χ0n) is 7.64. The first kappa shape index (κ1) is 7.58. The first-order chi connectivity index (χ1) is 6.33. The van der Waals surface area contributed by atoms with E-state index in [1.165, 1.54) is 0 Å². The number of benzene rings is 1. The van der Waals surface area contributed by atoms with Gasteiger partial charge in [-0.1, -0.05) is 18.2 Å². The molecule has 0 spiro atoms. The van der Waals surface area contributed by atoms with Gasteiger partial charge in [0.15, 0.2) is 0 Å². The summed E-state index contributed by atoms with van der Waals surface area (Å²) in [7, 11) is 0. The van der Waals surface area contributed by atoms with Crippen LogP contribution < -0.4 is 0 Å². The minimum atomic E-state index is 0.238. The molecule has 2 rings (SSSR count). The zero-order valence-corrected chi connectivity index (χ0v) is 6.64. The van der Waals surface area contributed by atoms with E-state index in [1.54, 1.807) is 24.3 Å². The Morgan fingerprint density at radius 2 is 2.17 bits per heavy atom. The maximum absolute atomic E-state index is 8.63. The third-order valence-corrected chi connectivity index (χ3v) is 1.34. The van der Waals surface area contributed by atoms with E-state index in [4.69, 9.17) is 11.3 Å². The van der Waals surface area contributed by atoms with Gasteiger partial charge in [0.2, 0.25) is 1.43 Å². The highest BCUT2D eigenvalue weighted by molar-refractivity contribution is 5.18. The van der Waals surface area contributed by atoms with E-state index < -0.39 is 0 Å². The molecule has 0 aromatic heterocycles. The van der Waals surface area contributed by atoms with Crippen LogP contribution in [0.25, 0.3) is 0 Å². The zero-order chi connectivity index (χ0) is 9.52. The van der Waals surface area contributed by atoms with Gasteiger partial charge in [0.05, 0.1) is 13.2 Å². The molecule has 1 fully saturated rings. The Kier molecular flexibility index (Phi) is 3.00. The summed E-state index contributed by atoms with van der Waals surface area (Å²) in [4.78, 5) is 0. The van der Waals surface area contributed by atoms with E-state index in [0.29, 0.717) is 12.4 Å². The van der Waals surface area contributed by atoms with Gasteiger partial charge in [0.1, 0.15) is 11.9 Å².